The summed E-state index contributed by atoms with van der Waals surface area (Å²) in [5, 5.41) is 4.60. The molecule has 0 radical (unpaired) electrons. The van der Waals surface area contributed by atoms with Crippen molar-refractivity contribution in [2.24, 2.45) is 0 Å². The van der Waals surface area contributed by atoms with Gasteiger partial charge in [-0.15, -0.1) is 5.10 Å². The highest BCUT2D eigenvalue weighted by molar-refractivity contribution is 6.28. The summed E-state index contributed by atoms with van der Waals surface area (Å²) < 4.78 is 1.42. The van der Waals surface area contributed by atoms with Crippen LogP contribution in [0.3, 0.4) is 0 Å². The van der Waals surface area contributed by atoms with Gasteiger partial charge in [0.15, 0.2) is 5.82 Å². The molecular weight excluding hydrogens is 262 g/mol. The maximum Gasteiger partial charge on any atom is 0.253 e. The average Bonchev–Trinajstić information content (AvgIpc) is 2.82. The Morgan fingerprint density at radius 2 is 1.79 bits per heavy atom. The van der Waals surface area contributed by atoms with Gasteiger partial charge in [-0.3, -0.25) is 0 Å². The third-order valence-electron chi connectivity index (χ3n) is 2.70. The lowest BCUT2D eigenvalue weighted by atomic mass is 10.1. The molecule has 2 aromatic heterocycles. The molecule has 0 unspecified atom stereocenters. The molecule has 0 N–H and O–H groups in total. The van der Waals surface area contributed by atoms with Crippen molar-refractivity contribution in [3.8, 4) is 17.3 Å². The third kappa shape index (κ3) is 2.20. The predicted octanol–water partition coefficient (Wildman–Crippen LogP) is 2.69. The summed E-state index contributed by atoms with van der Waals surface area (Å²) in [5.41, 5.74) is 2.03. The first-order chi connectivity index (χ1) is 9.25. The van der Waals surface area contributed by atoms with Gasteiger partial charge in [0.05, 0.1) is 0 Å². The van der Waals surface area contributed by atoms with Crippen LogP contribution in [0.4, 0.5) is 0 Å². The smallest absolute Gasteiger partial charge is 0.220 e. The zero-order valence-electron chi connectivity index (χ0n) is 10.2. The fraction of sp³-hybridized carbons (Fsp3) is 0.0769. The minimum absolute atomic E-state index is 0.240. The quantitative estimate of drug-likeness (QED) is 0.719. The molecule has 5 nitrogen and oxygen atoms in total. The molecule has 0 aliphatic rings. The van der Waals surface area contributed by atoms with E-state index in [1.165, 1.54) is 4.68 Å². The molecule has 3 rings (SSSR count). The molecule has 0 saturated heterocycles. The molecule has 0 atom stereocenters. The summed E-state index contributed by atoms with van der Waals surface area (Å²) in [4.78, 5) is 12.5. The van der Waals surface area contributed by atoms with E-state index < -0.39 is 0 Å². The van der Waals surface area contributed by atoms with E-state index in [-0.39, 0.29) is 5.28 Å². The molecule has 2 heterocycles. The van der Waals surface area contributed by atoms with Gasteiger partial charge >= 0.3 is 0 Å². The maximum atomic E-state index is 6.09. The molecule has 0 amide bonds. The van der Waals surface area contributed by atoms with Gasteiger partial charge in [0.1, 0.15) is 0 Å². The molecule has 0 spiro atoms. The van der Waals surface area contributed by atoms with E-state index in [4.69, 9.17) is 11.6 Å². The number of aromatic nitrogens is 5. The van der Waals surface area contributed by atoms with Gasteiger partial charge in [-0.25, -0.2) is 9.97 Å². The van der Waals surface area contributed by atoms with E-state index in [1.54, 1.807) is 18.5 Å². The zero-order chi connectivity index (χ0) is 13.2. The summed E-state index contributed by atoms with van der Waals surface area (Å²) >= 11 is 6.09. The van der Waals surface area contributed by atoms with Crippen molar-refractivity contribution in [3.05, 3.63) is 53.6 Å². The average molecular weight is 272 g/mol. The van der Waals surface area contributed by atoms with Crippen LogP contribution in [-0.2, 0) is 0 Å². The summed E-state index contributed by atoms with van der Waals surface area (Å²) in [5.74, 6) is 0.968. The zero-order valence-corrected chi connectivity index (χ0v) is 10.9. The van der Waals surface area contributed by atoms with Crippen molar-refractivity contribution >= 4 is 11.6 Å². The van der Waals surface area contributed by atoms with Crippen LogP contribution in [0.25, 0.3) is 17.3 Å². The highest BCUT2D eigenvalue weighted by Crippen LogP contribution is 2.22. The molecule has 19 heavy (non-hydrogen) atoms. The summed E-state index contributed by atoms with van der Waals surface area (Å²) in [7, 11) is 0. The first-order valence-corrected chi connectivity index (χ1v) is 6.09. The van der Waals surface area contributed by atoms with E-state index in [9.17, 15) is 0 Å². The van der Waals surface area contributed by atoms with Gasteiger partial charge in [0.25, 0.3) is 5.95 Å². The van der Waals surface area contributed by atoms with Gasteiger partial charge in [0, 0.05) is 18.0 Å². The van der Waals surface area contributed by atoms with Gasteiger partial charge in [-0.05, 0) is 30.2 Å². The number of nitrogens with zero attached hydrogens (tertiary/aromatic N) is 5. The molecule has 0 aliphatic heterocycles. The Labute approximate surface area is 114 Å². The lowest BCUT2D eigenvalue weighted by Gasteiger charge is -1.99. The second-order valence-corrected chi connectivity index (χ2v) is 4.32. The van der Waals surface area contributed by atoms with Crippen LogP contribution < -0.4 is 0 Å². The number of hydrogen-bond acceptors (Lipinski definition) is 4. The number of halogens is 1. The largest absolute Gasteiger partial charge is 0.253 e. The van der Waals surface area contributed by atoms with Crippen molar-refractivity contribution in [1.29, 1.82) is 0 Å². The molecule has 94 valence electrons. The summed E-state index contributed by atoms with van der Waals surface area (Å²) in [6, 6.07) is 9.60. The van der Waals surface area contributed by atoms with E-state index in [0.717, 1.165) is 11.1 Å². The van der Waals surface area contributed by atoms with Crippen molar-refractivity contribution in [3.63, 3.8) is 0 Å². The van der Waals surface area contributed by atoms with Crippen molar-refractivity contribution < 1.29 is 0 Å². The Balaban J connectivity index is 2.10. The minimum atomic E-state index is 0.240. The normalized spacial score (nSPS) is 10.6. The number of aryl methyl sites for hydroxylation is 1. The van der Waals surface area contributed by atoms with Crippen molar-refractivity contribution in [1.82, 2.24) is 24.7 Å². The van der Waals surface area contributed by atoms with E-state index >= 15 is 0 Å². The van der Waals surface area contributed by atoms with Crippen LogP contribution in [0.15, 0.2) is 42.7 Å². The number of benzene rings is 1. The van der Waals surface area contributed by atoms with Gasteiger partial charge < -0.3 is 0 Å². The molecule has 3 aromatic rings. The molecule has 0 aliphatic carbocycles. The Kier molecular flexibility index (Phi) is 2.97. The summed E-state index contributed by atoms with van der Waals surface area (Å²) in [6.45, 7) is 2.00. The minimum Gasteiger partial charge on any atom is -0.220 e. The highest BCUT2D eigenvalue weighted by atomic mass is 35.5. The fourth-order valence-electron chi connectivity index (χ4n) is 1.76. The number of hydrogen-bond donors (Lipinski definition) is 0. The van der Waals surface area contributed by atoms with Crippen LogP contribution in [0.1, 0.15) is 5.56 Å². The SMILES string of the molecule is Cc1ccccc1-c1nc(Cl)n(-c2ncccn2)n1. The Hall–Kier alpha value is -2.27. The van der Waals surface area contributed by atoms with Gasteiger partial charge in [-0.2, -0.15) is 9.67 Å². The van der Waals surface area contributed by atoms with Crippen LogP contribution in [0.2, 0.25) is 5.28 Å². The highest BCUT2D eigenvalue weighted by Gasteiger charge is 2.13. The van der Waals surface area contributed by atoms with Crippen molar-refractivity contribution in [2.75, 3.05) is 0 Å². The van der Waals surface area contributed by atoms with Crippen molar-refractivity contribution in [2.45, 2.75) is 6.92 Å². The van der Waals surface area contributed by atoms with E-state index in [0.29, 0.717) is 11.8 Å². The van der Waals surface area contributed by atoms with Crippen LogP contribution in [0.5, 0.6) is 0 Å². The second-order valence-electron chi connectivity index (χ2n) is 3.98. The first kappa shape index (κ1) is 11.8. The van der Waals surface area contributed by atoms with E-state index in [2.05, 4.69) is 20.1 Å². The Bertz CT molecular complexity index is 708. The molecular formula is C13H10ClN5. The fourth-order valence-corrected chi connectivity index (χ4v) is 1.95. The molecule has 0 saturated carbocycles. The second kappa shape index (κ2) is 4.78. The lowest BCUT2D eigenvalue weighted by Crippen LogP contribution is -2.02. The van der Waals surface area contributed by atoms with Gasteiger partial charge in [0.2, 0.25) is 5.28 Å². The first-order valence-electron chi connectivity index (χ1n) is 5.71. The molecule has 6 heteroatoms. The van der Waals surface area contributed by atoms with Crippen LogP contribution in [-0.4, -0.2) is 24.7 Å². The van der Waals surface area contributed by atoms with Gasteiger partial charge in [-0.1, -0.05) is 24.3 Å². The molecule has 1 aromatic carbocycles. The monoisotopic (exact) mass is 271 g/mol. The van der Waals surface area contributed by atoms with Crippen LogP contribution in [0, 0.1) is 6.92 Å². The maximum absolute atomic E-state index is 6.09. The summed E-state index contributed by atoms with van der Waals surface area (Å²) in [6.07, 6.45) is 3.27. The molecule has 0 bridgehead atoms. The third-order valence-corrected chi connectivity index (χ3v) is 2.94. The lowest BCUT2D eigenvalue weighted by molar-refractivity contribution is 0.809. The Morgan fingerprint density at radius 3 is 2.53 bits per heavy atom. The predicted molar refractivity (Wildman–Crippen MR) is 72.1 cm³/mol. The molecule has 0 fully saturated rings. The topological polar surface area (TPSA) is 56.5 Å². The standard InChI is InChI=1S/C13H10ClN5/c1-9-5-2-3-6-10(9)11-17-12(14)19(18-11)13-15-7-4-8-16-13/h2-8H,1H3. The number of rotatable bonds is 2. The van der Waals surface area contributed by atoms with Crippen LogP contribution >= 0.6 is 11.6 Å². The van der Waals surface area contributed by atoms with E-state index in [1.807, 2.05) is 31.2 Å². The Morgan fingerprint density at radius 1 is 1.05 bits per heavy atom.